The lowest BCUT2D eigenvalue weighted by molar-refractivity contribution is -0.167. The van der Waals surface area contributed by atoms with Crippen LogP contribution in [0.15, 0.2) is 97.2 Å². The number of unbranched alkanes of at least 4 members (excludes halogenated alkanes) is 13. The van der Waals surface area contributed by atoms with Crippen LogP contribution in [0.25, 0.3) is 0 Å². The van der Waals surface area contributed by atoms with Crippen molar-refractivity contribution >= 4 is 17.9 Å². The molecule has 0 saturated heterocycles. The minimum atomic E-state index is -0.800. The summed E-state index contributed by atoms with van der Waals surface area (Å²) in [4.78, 5) is 37.5. The van der Waals surface area contributed by atoms with Gasteiger partial charge in [0.25, 0.3) is 0 Å². The van der Waals surface area contributed by atoms with Crippen molar-refractivity contribution in [1.29, 1.82) is 0 Å². The lowest BCUT2D eigenvalue weighted by Crippen LogP contribution is -2.30. The molecule has 6 nitrogen and oxygen atoms in total. The topological polar surface area (TPSA) is 78.9 Å². The van der Waals surface area contributed by atoms with Gasteiger partial charge in [-0.25, -0.2) is 0 Å². The summed E-state index contributed by atoms with van der Waals surface area (Å²) in [7, 11) is 0. The monoisotopic (exact) mass is 805 g/mol. The van der Waals surface area contributed by atoms with E-state index in [0.29, 0.717) is 19.3 Å². The zero-order valence-electron chi connectivity index (χ0n) is 37.3. The van der Waals surface area contributed by atoms with Gasteiger partial charge in [-0.05, 0) is 89.9 Å². The average molecular weight is 805 g/mol. The molecule has 58 heavy (non-hydrogen) atoms. The fourth-order valence-corrected chi connectivity index (χ4v) is 5.82. The molecule has 0 radical (unpaired) electrons. The summed E-state index contributed by atoms with van der Waals surface area (Å²) in [5.41, 5.74) is 0. The first-order valence-corrected chi connectivity index (χ1v) is 23.2. The van der Waals surface area contributed by atoms with Crippen molar-refractivity contribution in [3.8, 4) is 0 Å². The molecule has 0 N–H and O–H groups in total. The fourth-order valence-electron chi connectivity index (χ4n) is 5.82. The Hall–Kier alpha value is -3.67. The predicted molar refractivity (Wildman–Crippen MR) is 247 cm³/mol. The van der Waals surface area contributed by atoms with Gasteiger partial charge in [-0.2, -0.15) is 0 Å². The Kier molecular flexibility index (Phi) is 43.1. The highest BCUT2D eigenvalue weighted by molar-refractivity contribution is 5.71. The number of allylic oxidation sites excluding steroid dienone is 16. The van der Waals surface area contributed by atoms with Crippen LogP contribution in [0.5, 0.6) is 0 Å². The first-order valence-electron chi connectivity index (χ1n) is 23.2. The van der Waals surface area contributed by atoms with E-state index in [1.807, 2.05) is 0 Å². The van der Waals surface area contributed by atoms with Crippen LogP contribution in [-0.4, -0.2) is 37.2 Å². The summed E-state index contributed by atoms with van der Waals surface area (Å²) in [6.45, 7) is 6.34. The zero-order chi connectivity index (χ0) is 42.3. The van der Waals surface area contributed by atoms with Crippen molar-refractivity contribution in [3.05, 3.63) is 97.2 Å². The highest BCUT2D eigenvalue weighted by Gasteiger charge is 2.19. The van der Waals surface area contributed by atoms with Gasteiger partial charge < -0.3 is 14.2 Å². The molecule has 0 aromatic heterocycles. The van der Waals surface area contributed by atoms with Crippen molar-refractivity contribution in [2.45, 2.75) is 200 Å². The third kappa shape index (κ3) is 43.5. The number of hydrogen-bond donors (Lipinski definition) is 0. The van der Waals surface area contributed by atoms with Gasteiger partial charge in [0, 0.05) is 19.3 Å². The van der Waals surface area contributed by atoms with E-state index in [2.05, 4.69) is 118 Å². The summed E-state index contributed by atoms with van der Waals surface area (Å²) in [5, 5.41) is 0. The van der Waals surface area contributed by atoms with Crippen molar-refractivity contribution in [2.75, 3.05) is 13.2 Å². The Morgan fingerprint density at radius 2 is 0.707 bits per heavy atom. The van der Waals surface area contributed by atoms with Gasteiger partial charge in [0.15, 0.2) is 6.10 Å². The highest BCUT2D eigenvalue weighted by atomic mass is 16.6. The number of esters is 3. The van der Waals surface area contributed by atoms with Crippen LogP contribution >= 0.6 is 0 Å². The second-order valence-corrected chi connectivity index (χ2v) is 14.9. The molecule has 0 heterocycles. The minimum Gasteiger partial charge on any atom is -0.462 e. The number of hydrogen-bond acceptors (Lipinski definition) is 6. The summed E-state index contributed by atoms with van der Waals surface area (Å²) in [6, 6.07) is 0. The van der Waals surface area contributed by atoms with E-state index in [1.54, 1.807) is 0 Å². The molecule has 0 spiro atoms. The maximum atomic E-state index is 12.7. The molecule has 0 rings (SSSR count). The van der Waals surface area contributed by atoms with Gasteiger partial charge >= 0.3 is 17.9 Å². The van der Waals surface area contributed by atoms with Crippen molar-refractivity contribution in [2.24, 2.45) is 0 Å². The smallest absolute Gasteiger partial charge is 0.306 e. The molecule has 328 valence electrons. The van der Waals surface area contributed by atoms with Crippen LogP contribution in [0.3, 0.4) is 0 Å². The van der Waals surface area contributed by atoms with Crippen LogP contribution in [0.1, 0.15) is 194 Å². The van der Waals surface area contributed by atoms with E-state index in [1.165, 1.54) is 44.9 Å². The molecular weight excluding hydrogens is 721 g/mol. The molecule has 1 unspecified atom stereocenters. The Morgan fingerprint density at radius 3 is 1.19 bits per heavy atom. The van der Waals surface area contributed by atoms with Gasteiger partial charge in [0.2, 0.25) is 0 Å². The molecule has 1 atom stereocenters. The number of rotatable bonds is 40. The van der Waals surface area contributed by atoms with Crippen LogP contribution in [0, 0.1) is 0 Å². The van der Waals surface area contributed by atoms with Crippen LogP contribution in [0.4, 0.5) is 0 Å². The Labute approximate surface area is 356 Å². The van der Waals surface area contributed by atoms with Gasteiger partial charge in [-0.3, -0.25) is 14.4 Å². The Morgan fingerprint density at radius 1 is 0.362 bits per heavy atom. The second-order valence-electron chi connectivity index (χ2n) is 14.9. The largest absolute Gasteiger partial charge is 0.462 e. The number of ether oxygens (including phenoxy) is 3. The first-order chi connectivity index (χ1) is 28.5. The van der Waals surface area contributed by atoms with E-state index in [4.69, 9.17) is 14.2 Å². The second kappa shape index (κ2) is 46.0. The molecule has 6 heteroatoms. The molecule has 0 fully saturated rings. The lowest BCUT2D eigenvalue weighted by atomic mass is 10.1. The third-order valence-corrected chi connectivity index (χ3v) is 9.32. The summed E-state index contributed by atoms with van der Waals surface area (Å²) in [6.07, 6.45) is 59.9. The number of carbonyl (C=O) groups is 3. The minimum absolute atomic E-state index is 0.100. The van der Waals surface area contributed by atoms with Crippen molar-refractivity contribution in [1.82, 2.24) is 0 Å². The molecule has 0 aliphatic rings. The molecule has 0 aliphatic heterocycles. The van der Waals surface area contributed by atoms with Gasteiger partial charge in [-0.1, -0.05) is 182 Å². The van der Waals surface area contributed by atoms with Gasteiger partial charge in [0.05, 0.1) is 0 Å². The number of carbonyl (C=O) groups excluding carboxylic acids is 3. The van der Waals surface area contributed by atoms with Gasteiger partial charge in [0.1, 0.15) is 13.2 Å². The molecule has 0 aliphatic carbocycles. The highest BCUT2D eigenvalue weighted by Crippen LogP contribution is 2.12. The summed E-state index contributed by atoms with van der Waals surface area (Å²) < 4.78 is 16.6. The van der Waals surface area contributed by atoms with Crippen molar-refractivity contribution < 1.29 is 28.6 Å². The van der Waals surface area contributed by atoms with Crippen LogP contribution < -0.4 is 0 Å². The standard InChI is InChI=1S/C52H84O6/c1-4-7-10-13-16-18-20-21-22-23-24-25-26-27-28-29-30-31-33-34-36-39-42-45-51(54)57-48-49(47-56-50(53)44-41-38-15-12-9-6-3)58-52(55)46-43-40-37-35-32-19-17-14-11-8-5-2/h7,10,14,16-18,21-22,24-25,27-28,30-31,34,36,49H,4-6,8-9,11-13,15,19-20,23,26,29,32-33,35,37-48H2,1-3H3/b10-7-,17-14-,18-16-,22-21-,25-24-,28-27-,31-30-,36-34-. The lowest BCUT2D eigenvalue weighted by Gasteiger charge is -2.18. The first kappa shape index (κ1) is 54.3. The molecule has 0 aromatic rings. The normalized spacial score (nSPS) is 12.9. The molecule has 0 amide bonds. The van der Waals surface area contributed by atoms with Gasteiger partial charge in [-0.15, -0.1) is 0 Å². The molecule has 0 aromatic carbocycles. The van der Waals surface area contributed by atoms with E-state index in [-0.39, 0.29) is 37.5 Å². The van der Waals surface area contributed by atoms with Crippen LogP contribution in [0.2, 0.25) is 0 Å². The molecular formula is C52H84O6. The maximum Gasteiger partial charge on any atom is 0.306 e. The molecule has 0 saturated carbocycles. The quantitative estimate of drug-likeness (QED) is 0.0266. The Bertz CT molecular complexity index is 1200. The fraction of sp³-hybridized carbons (Fsp3) is 0.635. The van der Waals surface area contributed by atoms with E-state index >= 15 is 0 Å². The van der Waals surface area contributed by atoms with Crippen LogP contribution in [-0.2, 0) is 28.6 Å². The van der Waals surface area contributed by atoms with Crippen molar-refractivity contribution in [3.63, 3.8) is 0 Å². The van der Waals surface area contributed by atoms with E-state index < -0.39 is 6.10 Å². The zero-order valence-corrected chi connectivity index (χ0v) is 37.3. The van der Waals surface area contributed by atoms with E-state index in [0.717, 1.165) is 103 Å². The summed E-state index contributed by atoms with van der Waals surface area (Å²) >= 11 is 0. The summed E-state index contributed by atoms with van der Waals surface area (Å²) in [5.74, 6) is -0.993. The van der Waals surface area contributed by atoms with E-state index in [9.17, 15) is 14.4 Å². The predicted octanol–water partition coefficient (Wildman–Crippen LogP) is 15.0. The third-order valence-electron chi connectivity index (χ3n) is 9.32. The Balaban J connectivity index is 4.34. The molecule has 0 bridgehead atoms. The maximum absolute atomic E-state index is 12.7. The SMILES string of the molecule is CC/C=C\C/C=C\C/C=C\C/C=C\C/C=C\C/C=C\C/C=C\CCCC(=O)OCC(COC(=O)CCCCCCCC)OC(=O)CCCCCCC/C=C\CCCC. The average Bonchev–Trinajstić information content (AvgIpc) is 3.22.